The maximum atomic E-state index is 9.36. The number of nitrogens with one attached hydrogen (secondary N) is 1. The number of aryl methyl sites for hydroxylation is 2. The molecule has 0 spiro atoms. The second kappa shape index (κ2) is 5.77. The highest BCUT2D eigenvalue weighted by Crippen LogP contribution is 2.24. The van der Waals surface area contributed by atoms with Crippen LogP contribution < -0.4 is 5.32 Å². The van der Waals surface area contributed by atoms with Crippen LogP contribution in [0.5, 0.6) is 0 Å². The van der Waals surface area contributed by atoms with Gasteiger partial charge in [0.2, 0.25) is 0 Å². The normalized spacial score (nSPS) is 11.7. The van der Waals surface area contributed by atoms with Crippen LogP contribution in [0.1, 0.15) is 22.7 Å². The lowest BCUT2D eigenvalue weighted by molar-refractivity contribution is 0.981. The Morgan fingerprint density at radius 1 is 1.16 bits per heavy atom. The quantitative estimate of drug-likeness (QED) is 0.882. The van der Waals surface area contributed by atoms with E-state index in [1.165, 1.54) is 0 Å². The topological polar surface area (TPSA) is 35.8 Å². The molecule has 0 aliphatic carbocycles. The van der Waals surface area contributed by atoms with E-state index in [2.05, 4.69) is 11.4 Å². The Morgan fingerprint density at radius 3 is 2.58 bits per heavy atom. The average Bonchev–Trinajstić information content (AvgIpc) is 2.37. The van der Waals surface area contributed by atoms with Gasteiger partial charge in [-0.05, 0) is 54.8 Å². The van der Waals surface area contributed by atoms with Crippen molar-refractivity contribution in [3.8, 4) is 6.07 Å². The van der Waals surface area contributed by atoms with Gasteiger partial charge in [-0.25, -0.2) is 0 Å². The van der Waals surface area contributed by atoms with Crippen molar-refractivity contribution in [2.24, 2.45) is 0 Å². The van der Waals surface area contributed by atoms with Gasteiger partial charge in [-0.2, -0.15) is 5.26 Å². The largest absolute Gasteiger partial charge is 0.366 e. The molecular weight excluding hydrogens is 256 g/mol. The third-order valence-electron chi connectivity index (χ3n) is 3.00. The lowest BCUT2D eigenvalue weighted by Gasteiger charge is -2.16. The molecule has 2 nitrogen and oxygen atoms in total. The van der Waals surface area contributed by atoms with Crippen molar-refractivity contribution >= 4 is 17.3 Å². The number of anilines is 1. The van der Waals surface area contributed by atoms with Crippen LogP contribution in [0.25, 0.3) is 0 Å². The molecule has 0 saturated heterocycles. The summed E-state index contributed by atoms with van der Waals surface area (Å²) in [7, 11) is 0. The van der Waals surface area contributed by atoms with E-state index in [9.17, 15) is 5.26 Å². The van der Waals surface area contributed by atoms with Crippen molar-refractivity contribution in [2.45, 2.75) is 19.9 Å². The van der Waals surface area contributed by atoms with Crippen molar-refractivity contribution in [1.82, 2.24) is 0 Å². The zero-order valence-corrected chi connectivity index (χ0v) is 11.7. The summed E-state index contributed by atoms with van der Waals surface area (Å²) in [5.41, 5.74) is 4.07. The van der Waals surface area contributed by atoms with Crippen LogP contribution in [0, 0.1) is 25.2 Å². The van der Waals surface area contributed by atoms with E-state index in [1.54, 1.807) is 0 Å². The minimum absolute atomic E-state index is 0.376. The van der Waals surface area contributed by atoms with Crippen LogP contribution in [0.4, 0.5) is 5.69 Å². The summed E-state index contributed by atoms with van der Waals surface area (Å²) in [6.07, 6.45) is 0. The van der Waals surface area contributed by atoms with Gasteiger partial charge in [-0.3, -0.25) is 0 Å². The van der Waals surface area contributed by atoms with Crippen LogP contribution in [-0.4, -0.2) is 0 Å². The summed E-state index contributed by atoms with van der Waals surface area (Å²) in [5.74, 6) is 0. The van der Waals surface area contributed by atoms with Gasteiger partial charge < -0.3 is 5.32 Å². The average molecular weight is 271 g/mol. The third-order valence-corrected chi connectivity index (χ3v) is 3.24. The van der Waals surface area contributed by atoms with Gasteiger partial charge in [-0.15, -0.1) is 0 Å². The Balaban J connectivity index is 2.28. The Morgan fingerprint density at radius 2 is 1.95 bits per heavy atom. The first-order valence-corrected chi connectivity index (χ1v) is 6.47. The SMILES string of the molecule is Cc1cccc(NC(C#N)c2ccc(Cl)cc2C)c1. The molecular formula is C16H15ClN2. The van der Waals surface area contributed by atoms with Crippen molar-refractivity contribution in [1.29, 1.82) is 5.26 Å². The molecule has 2 aromatic rings. The van der Waals surface area contributed by atoms with Crippen LogP contribution in [0.2, 0.25) is 5.02 Å². The van der Waals surface area contributed by atoms with Crippen molar-refractivity contribution in [3.63, 3.8) is 0 Å². The molecule has 0 aliphatic rings. The number of nitrogens with zero attached hydrogens (tertiary/aromatic N) is 1. The first-order chi connectivity index (χ1) is 9.10. The predicted molar refractivity (Wildman–Crippen MR) is 79.3 cm³/mol. The second-order valence-corrected chi connectivity index (χ2v) is 5.01. The van der Waals surface area contributed by atoms with E-state index < -0.39 is 0 Å². The number of benzene rings is 2. The van der Waals surface area contributed by atoms with E-state index >= 15 is 0 Å². The standard InChI is InChI=1S/C16H15ClN2/c1-11-4-3-5-14(8-11)19-16(10-18)15-7-6-13(17)9-12(15)2/h3-9,16,19H,1-2H3. The minimum atomic E-state index is -0.376. The highest BCUT2D eigenvalue weighted by atomic mass is 35.5. The molecule has 2 rings (SSSR count). The molecule has 0 heterocycles. The lowest BCUT2D eigenvalue weighted by Crippen LogP contribution is -2.10. The van der Waals surface area contributed by atoms with Gasteiger partial charge in [0.25, 0.3) is 0 Å². The van der Waals surface area contributed by atoms with Gasteiger partial charge in [0, 0.05) is 10.7 Å². The number of halogens is 1. The zero-order valence-electron chi connectivity index (χ0n) is 10.9. The van der Waals surface area contributed by atoms with E-state index in [-0.39, 0.29) is 6.04 Å². The molecule has 0 bridgehead atoms. The van der Waals surface area contributed by atoms with Gasteiger partial charge in [-0.1, -0.05) is 29.8 Å². The Kier molecular flexibility index (Phi) is 4.09. The maximum absolute atomic E-state index is 9.36. The van der Waals surface area contributed by atoms with Crippen LogP contribution in [0.3, 0.4) is 0 Å². The summed E-state index contributed by atoms with van der Waals surface area (Å²) >= 11 is 5.94. The molecule has 0 amide bonds. The van der Waals surface area contributed by atoms with Gasteiger partial charge in [0.1, 0.15) is 6.04 Å². The number of rotatable bonds is 3. The molecule has 1 N–H and O–H groups in total. The second-order valence-electron chi connectivity index (χ2n) is 4.58. The smallest absolute Gasteiger partial charge is 0.140 e. The molecule has 1 atom stereocenters. The fourth-order valence-electron chi connectivity index (χ4n) is 2.04. The number of nitriles is 1. The van der Waals surface area contributed by atoms with Crippen LogP contribution in [0.15, 0.2) is 42.5 Å². The van der Waals surface area contributed by atoms with Gasteiger partial charge >= 0.3 is 0 Å². The monoisotopic (exact) mass is 270 g/mol. The van der Waals surface area contributed by atoms with E-state index in [0.29, 0.717) is 5.02 Å². The molecule has 0 fully saturated rings. The summed E-state index contributed by atoms with van der Waals surface area (Å²) in [4.78, 5) is 0. The van der Waals surface area contributed by atoms with Crippen LogP contribution >= 0.6 is 11.6 Å². The van der Waals surface area contributed by atoms with E-state index in [4.69, 9.17) is 11.6 Å². The maximum Gasteiger partial charge on any atom is 0.140 e. The lowest BCUT2D eigenvalue weighted by atomic mass is 10.0. The van der Waals surface area contributed by atoms with Gasteiger partial charge in [0.15, 0.2) is 0 Å². The molecule has 0 aliphatic heterocycles. The van der Waals surface area contributed by atoms with E-state index in [1.807, 2.05) is 56.3 Å². The Labute approximate surface area is 118 Å². The summed E-state index contributed by atoms with van der Waals surface area (Å²) in [6.45, 7) is 3.99. The molecule has 0 radical (unpaired) electrons. The first kappa shape index (κ1) is 13.5. The molecule has 2 aromatic carbocycles. The number of hydrogen-bond donors (Lipinski definition) is 1. The molecule has 1 unspecified atom stereocenters. The third kappa shape index (κ3) is 3.27. The summed E-state index contributed by atoms with van der Waals surface area (Å²) < 4.78 is 0. The Hall–Kier alpha value is -1.98. The van der Waals surface area contributed by atoms with Gasteiger partial charge in [0.05, 0.1) is 6.07 Å². The van der Waals surface area contributed by atoms with Crippen molar-refractivity contribution < 1.29 is 0 Å². The van der Waals surface area contributed by atoms with Crippen molar-refractivity contribution in [2.75, 3.05) is 5.32 Å². The molecule has 0 saturated carbocycles. The summed E-state index contributed by atoms with van der Waals surface area (Å²) in [6, 6.07) is 15.5. The zero-order chi connectivity index (χ0) is 13.8. The van der Waals surface area contributed by atoms with E-state index in [0.717, 1.165) is 22.4 Å². The van der Waals surface area contributed by atoms with Crippen LogP contribution in [-0.2, 0) is 0 Å². The molecule has 96 valence electrons. The predicted octanol–water partition coefficient (Wildman–Crippen LogP) is 4.63. The molecule has 3 heteroatoms. The summed E-state index contributed by atoms with van der Waals surface area (Å²) in [5, 5.41) is 13.3. The highest BCUT2D eigenvalue weighted by molar-refractivity contribution is 6.30. The molecule has 0 aromatic heterocycles. The fraction of sp³-hybridized carbons (Fsp3) is 0.188. The van der Waals surface area contributed by atoms with Crippen molar-refractivity contribution in [3.05, 3.63) is 64.2 Å². The molecule has 19 heavy (non-hydrogen) atoms. The Bertz CT molecular complexity index is 629. The minimum Gasteiger partial charge on any atom is -0.366 e. The fourth-order valence-corrected chi connectivity index (χ4v) is 2.27. The number of hydrogen-bond acceptors (Lipinski definition) is 2. The first-order valence-electron chi connectivity index (χ1n) is 6.09. The highest BCUT2D eigenvalue weighted by Gasteiger charge is 2.13.